The first kappa shape index (κ1) is 20.3. The van der Waals surface area contributed by atoms with Crippen molar-refractivity contribution in [2.45, 2.75) is 44.7 Å². The molecule has 0 aromatic carbocycles. The van der Waals surface area contributed by atoms with Crippen LogP contribution in [-0.2, 0) is 4.79 Å². The van der Waals surface area contributed by atoms with Crippen LogP contribution in [0.1, 0.15) is 42.3 Å². The number of amides is 2. The summed E-state index contributed by atoms with van der Waals surface area (Å²) in [7, 11) is 2.19. The van der Waals surface area contributed by atoms with Gasteiger partial charge in [0.05, 0.1) is 4.88 Å². The number of rotatable bonds is 6. The number of likely N-dealkylation sites (tertiary alicyclic amines) is 1. The molecule has 1 N–H and O–H groups in total. The van der Waals surface area contributed by atoms with Gasteiger partial charge >= 0.3 is 0 Å². The summed E-state index contributed by atoms with van der Waals surface area (Å²) in [5.41, 5.74) is 0. The molecule has 0 aliphatic carbocycles. The van der Waals surface area contributed by atoms with E-state index in [1.165, 1.54) is 37.3 Å². The molecule has 2 aliphatic heterocycles. The van der Waals surface area contributed by atoms with Gasteiger partial charge < -0.3 is 15.1 Å². The number of carbonyl (C=O) groups is 2. The van der Waals surface area contributed by atoms with Crippen LogP contribution in [0.4, 0.5) is 0 Å². The minimum Gasteiger partial charge on any atom is -0.351 e. The summed E-state index contributed by atoms with van der Waals surface area (Å²) in [6.07, 6.45) is 3.67. The van der Waals surface area contributed by atoms with Crippen molar-refractivity contribution in [3.63, 3.8) is 0 Å². The van der Waals surface area contributed by atoms with E-state index in [1.807, 2.05) is 22.4 Å². The van der Waals surface area contributed by atoms with E-state index >= 15 is 0 Å². The van der Waals surface area contributed by atoms with E-state index in [1.54, 1.807) is 0 Å². The van der Waals surface area contributed by atoms with Gasteiger partial charge in [-0.15, -0.1) is 11.3 Å². The predicted molar refractivity (Wildman–Crippen MR) is 109 cm³/mol. The van der Waals surface area contributed by atoms with Crippen LogP contribution in [0.5, 0.6) is 0 Å². The quantitative estimate of drug-likeness (QED) is 0.751. The topological polar surface area (TPSA) is 55.9 Å². The molecule has 2 amide bonds. The van der Waals surface area contributed by atoms with Crippen LogP contribution in [-0.4, -0.2) is 84.9 Å². The third kappa shape index (κ3) is 5.53. The lowest BCUT2D eigenvalue weighted by Gasteiger charge is -2.46. The van der Waals surface area contributed by atoms with Gasteiger partial charge in [-0.3, -0.25) is 14.5 Å². The third-order valence-electron chi connectivity index (χ3n) is 5.79. The second kappa shape index (κ2) is 9.66. The molecule has 1 atom stereocenters. The Kier molecular flexibility index (Phi) is 7.26. The van der Waals surface area contributed by atoms with E-state index in [0.717, 1.165) is 24.5 Å². The number of piperidine rings is 1. The minimum absolute atomic E-state index is 0.0437. The molecular formula is C20H32N4O2S. The lowest BCUT2D eigenvalue weighted by Crippen LogP contribution is -2.58. The van der Waals surface area contributed by atoms with Crippen LogP contribution in [0.15, 0.2) is 17.5 Å². The first-order valence-electron chi connectivity index (χ1n) is 10.1. The van der Waals surface area contributed by atoms with E-state index in [-0.39, 0.29) is 11.8 Å². The lowest BCUT2D eigenvalue weighted by atomic mass is 10.00. The molecule has 0 radical (unpaired) electrons. The molecule has 7 heteroatoms. The van der Waals surface area contributed by atoms with Crippen molar-refractivity contribution < 1.29 is 9.59 Å². The van der Waals surface area contributed by atoms with Crippen LogP contribution < -0.4 is 5.32 Å². The third-order valence-corrected chi connectivity index (χ3v) is 6.66. The molecular weight excluding hydrogens is 360 g/mol. The Bertz CT molecular complexity index is 614. The maximum atomic E-state index is 12.5. The average Bonchev–Trinajstić information content (AvgIpc) is 3.20. The number of nitrogens with zero attached hydrogens (tertiary/aromatic N) is 3. The van der Waals surface area contributed by atoms with Crippen molar-refractivity contribution >= 4 is 23.2 Å². The van der Waals surface area contributed by atoms with Gasteiger partial charge in [-0.05, 0) is 57.8 Å². The number of nitrogens with one attached hydrogen (secondary N) is 1. The largest absolute Gasteiger partial charge is 0.351 e. The maximum Gasteiger partial charge on any atom is 0.261 e. The first-order valence-corrected chi connectivity index (χ1v) is 11.0. The van der Waals surface area contributed by atoms with E-state index in [2.05, 4.69) is 29.1 Å². The summed E-state index contributed by atoms with van der Waals surface area (Å²) in [5, 5.41) is 4.79. The Morgan fingerprint density at radius 2 is 2.00 bits per heavy atom. The van der Waals surface area contributed by atoms with Gasteiger partial charge in [-0.25, -0.2) is 0 Å². The molecule has 27 heavy (non-hydrogen) atoms. The molecule has 1 aromatic heterocycles. The van der Waals surface area contributed by atoms with Gasteiger partial charge in [0, 0.05) is 44.7 Å². The van der Waals surface area contributed by atoms with Crippen molar-refractivity contribution in [3.8, 4) is 0 Å². The standard InChI is InChI=1S/C20H32N4O2S/c1-16-15-23(12-13-24(16)17-7-10-22(2)11-8-17)19(25)6-3-9-21-20(26)18-5-4-14-27-18/h4-5,14,16-17H,3,6-13,15H2,1-2H3,(H,21,26)/t16-/m1/s1. The monoisotopic (exact) mass is 392 g/mol. The fraction of sp³-hybridized carbons (Fsp3) is 0.700. The average molecular weight is 393 g/mol. The highest BCUT2D eigenvalue weighted by Crippen LogP contribution is 2.21. The van der Waals surface area contributed by atoms with Crippen LogP contribution in [0.25, 0.3) is 0 Å². The number of thiophene rings is 1. The van der Waals surface area contributed by atoms with Gasteiger partial charge in [0.25, 0.3) is 5.91 Å². The molecule has 0 saturated carbocycles. The summed E-state index contributed by atoms with van der Waals surface area (Å²) in [4.78, 5) is 32.2. The summed E-state index contributed by atoms with van der Waals surface area (Å²) in [5.74, 6) is 0.174. The summed E-state index contributed by atoms with van der Waals surface area (Å²) < 4.78 is 0. The normalized spacial score (nSPS) is 22.7. The van der Waals surface area contributed by atoms with E-state index in [9.17, 15) is 9.59 Å². The van der Waals surface area contributed by atoms with E-state index in [0.29, 0.717) is 31.5 Å². The van der Waals surface area contributed by atoms with Gasteiger partial charge in [0.2, 0.25) is 5.91 Å². The maximum absolute atomic E-state index is 12.5. The molecule has 150 valence electrons. The fourth-order valence-corrected chi connectivity index (χ4v) is 4.80. The smallest absolute Gasteiger partial charge is 0.261 e. The van der Waals surface area contributed by atoms with Crippen molar-refractivity contribution in [2.24, 2.45) is 0 Å². The first-order chi connectivity index (χ1) is 13.0. The summed E-state index contributed by atoms with van der Waals surface area (Å²) >= 11 is 1.44. The van der Waals surface area contributed by atoms with Crippen LogP contribution in [0.3, 0.4) is 0 Å². The summed E-state index contributed by atoms with van der Waals surface area (Å²) in [6.45, 7) is 7.79. The second-order valence-corrected chi connectivity index (χ2v) is 8.75. The molecule has 3 heterocycles. The molecule has 0 spiro atoms. The van der Waals surface area contributed by atoms with Gasteiger partial charge in [0.15, 0.2) is 0 Å². The van der Waals surface area contributed by atoms with Crippen LogP contribution in [0.2, 0.25) is 0 Å². The Morgan fingerprint density at radius 1 is 1.22 bits per heavy atom. The second-order valence-electron chi connectivity index (χ2n) is 7.80. The van der Waals surface area contributed by atoms with Crippen molar-refractivity contribution in [2.75, 3.05) is 46.3 Å². The lowest BCUT2D eigenvalue weighted by molar-refractivity contribution is -0.135. The van der Waals surface area contributed by atoms with Crippen LogP contribution >= 0.6 is 11.3 Å². The highest BCUT2D eigenvalue weighted by molar-refractivity contribution is 7.12. The number of hydrogen-bond donors (Lipinski definition) is 1. The zero-order valence-electron chi connectivity index (χ0n) is 16.5. The molecule has 6 nitrogen and oxygen atoms in total. The molecule has 1 aromatic rings. The Balaban J connectivity index is 1.35. The Morgan fingerprint density at radius 3 is 2.67 bits per heavy atom. The molecule has 2 fully saturated rings. The minimum atomic E-state index is -0.0437. The van der Waals surface area contributed by atoms with E-state index in [4.69, 9.17) is 0 Å². The number of carbonyl (C=O) groups excluding carboxylic acids is 2. The summed E-state index contributed by atoms with van der Waals surface area (Å²) in [6, 6.07) is 4.78. The van der Waals surface area contributed by atoms with Crippen molar-refractivity contribution in [1.29, 1.82) is 0 Å². The highest BCUT2D eigenvalue weighted by atomic mass is 32.1. The van der Waals surface area contributed by atoms with Crippen molar-refractivity contribution in [3.05, 3.63) is 22.4 Å². The Labute approximate surface area is 166 Å². The highest BCUT2D eigenvalue weighted by Gasteiger charge is 2.32. The van der Waals surface area contributed by atoms with Crippen LogP contribution in [0, 0.1) is 0 Å². The predicted octanol–water partition coefficient (Wildman–Crippen LogP) is 1.88. The van der Waals surface area contributed by atoms with Gasteiger partial charge in [-0.2, -0.15) is 0 Å². The molecule has 3 rings (SSSR count). The van der Waals surface area contributed by atoms with Gasteiger partial charge in [-0.1, -0.05) is 6.07 Å². The van der Waals surface area contributed by atoms with E-state index < -0.39 is 0 Å². The molecule has 0 bridgehead atoms. The number of hydrogen-bond acceptors (Lipinski definition) is 5. The fourth-order valence-electron chi connectivity index (χ4n) is 4.16. The Hall–Kier alpha value is -1.44. The van der Waals surface area contributed by atoms with Gasteiger partial charge in [0.1, 0.15) is 0 Å². The molecule has 2 saturated heterocycles. The molecule has 2 aliphatic rings. The SMILES string of the molecule is C[C@@H]1CN(C(=O)CCCNC(=O)c2cccs2)CCN1C1CCN(C)CC1. The van der Waals surface area contributed by atoms with Crippen molar-refractivity contribution in [1.82, 2.24) is 20.0 Å². The molecule has 0 unspecified atom stereocenters. The zero-order chi connectivity index (χ0) is 19.2. The number of piperazine rings is 1. The zero-order valence-corrected chi connectivity index (χ0v) is 17.3.